The molecule has 0 saturated carbocycles. The predicted molar refractivity (Wildman–Crippen MR) is 79.9 cm³/mol. The Morgan fingerprint density at radius 1 is 1.26 bits per heavy atom. The van der Waals surface area contributed by atoms with Crippen molar-refractivity contribution in [2.24, 2.45) is 0 Å². The summed E-state index contributed by atoms with van der Waals surface area (Å²) in [5, 5.41) is 6.98. The van der Waals surface area contributed by atoms with Crippen molar-refractivity contribution in [3.8, 4) is 5.95 Å². The summed E-state index contributed by atoms with van der Waals surface area (Å²) in [7, 11) is 0. The zero-order chi connectivity index (χ0) is 16.2. The molecule has 116 valence electrons. The molecule has 3 aromatic heterocycles. The summed E-state index contributed by atoms with van der Waals surface area (Å²) >= 11 is 5.73. The van der Waals surface area contributed by atoms with Crippen LogP contribution in [0.1, 0.15) is 29.3 Å². The van der Waals surface area contributed by atoms with Gasteiger partial charge in [0.05, 0.1) is 18.4 Å². The number of carbonyl (C=O) groups is 1. The zero-order valence-electron chi connectivity index (χ0n) is 12.0. The second-order valence-corrected chi connectivity index (χ2v) is 4.89. The van der Waals surface area contributed by atoms with Gasteiger partial charge in [-0.2, -0.15) is 9.78 Å². The first kappa shape index (κ1) is 15.0. The maximum Gasteiger partial charge on any atom is 0.272 e. The van der Waals surface area contributed by atoms with Crippen LogP contribution in [0.5, 0.6) is 0 Å². The van der Waals surface area contributed by atoms with Gasteiger partial charge >= 0.3 is 0 Å². The van der Waals surface area contributed by atoms with E-state index in [2.05, 4.69) is 35.3 Å². The third-order valence-corrected chi connectivity index (χ3v) is 3.07. The molecule has 3 rings (SSSR count). The van der Waals surface area contributed by atoms with E-state index in [-0.39, 0.29) is 10.8 Å². The Morgan fingerprint density at radius 3 is 2.78 bits per heavy atom. The van der Waals surface area contributed by atoms with Crippen molar-refractivity contribution in [3.05, 3.63) is 53.9 Å². The van der Waals surface area contributed by atoms with E-state index in [0.29, 0.717) is 11.8 Å². The molecular formula is C13H11ClN8O. The van der Waals surface area contributed by atoms with E-state index in [9.17, 15) is 4.79 Å². The molecular weight excluding hydrogens is 320 g/mol. The average Bonchev–Trinajstić information content (AvgIpc) is 3.05. The van der Waals surface area contributed by atoms with Gasteiger partial charge in [0.15, 0.2) is 5.82 Å². The highest BCUT2D eigenvalue weighted by Crippen LogP contribution is 2.12. The van der Waals surface area contributed by atoms with Gasteiger partial charge in [0.25, 0.3) is 11.9 Å². The lowest BCUT2D eigenvalue weighted by molar-refractivity contribution is 0.0932. The summed E-state index contributed by atoms with van der Waals surface area (Å²) in [5.41, 5.74) is 0.117. The number of carbonyl (C=O) groups excluding carboxylic acids is 1. The van der Waals surface area contributed by atoms with E-state index in [1.807, 2.05) is 0 Å². The fraction of sp³-hybridized carbons (Fsp3) is 0.154. The summed E-state index contributed by atoms with van der Waals surface area (Å²) in [6.45, 7) is 1.76. The molecule has 3 aromatic rings. The van der Waals surface area contributed by atoms with Gasteiger partial charge in [0, 0.05) is 12.4 Å². The number of hydrogen-bond acceptors (Lipinski definition) is 7. The van der Waals surface area contributed by atoms with Crippen molar-refractivity contribution in [3.63, 3.8) is 0 Å². The van der Waals surface area contributed by atoms with Gasteiger partial charge in [-0.3, -0.25) is 9.78 Å². The second kappa shape index (κ2) is 6.44. The van der Waals surface area contributed by atoms with E-state index in [4.69, 9.17) is 11.6 Å². The van der Waals surface area contributed by atoms with Crippen LogP contribution in [0.2, 0.25) is 5.15 Å². The second-order valence-electron chi connectivity index (χ2n) is 4.50. The topological polar surface area (TPSA) is 111 Å². The van der Waals surface area contributed by atoms with Gasteiger partial charge in [-0.25, -0.2) is 19.9 Å². The first-order chi connectivity index (χ1) is 11.1. The largest absolute Gasteiger partial charge is 0.341 e. The van der Waals surface area contributed by atoms with Crippen LogP contribution in [0.3, 0.4) is 0 Å². The molecule has 1 amide bonds. The number of aromatic nitrogens is 7. The van der Waals surface area contributed by atoms with Crippen LogP contribution < -0.4 is 5.32 Å². The molecule has 10 heteroatoms. The summed E-state index contributed by atoms with van der Waals surface area (Å²) in [6, 6.07) is 1.25. The van der Waals surface area contributed by atoms with Gasteiger partial charge in [-0.15, -0.1) is 0 Å². The summed E-state index contributed by atoms with van der Waals surface area (Å²) < 4.78 is 1.45. The molecule has 0 aliphatic rings. The van der Waals surface area contributed by atoms with E-state index >= 15 is 0 Å². The smallest absolute Gasteiger partial charge is 0.272 e. The number of halogens is 1. The van der Waals surface area contributed by atoms with Crippen LogP contribution in [0.4, 0.5) is 0 Å². The molecule has 1 atom stereocenters. The van der Waals surface area contributed by atoms with Crippen LogP contribution >= 0.6 is 11.6 Å². The summed E-state index contributed by atoms with van der Waals surface area (Å²) in [4.78, 5) is 32.3. The van der Waals surface area contributed by atoms with Crippen molar-refractivity contribution >= 4 is 17.5 Å². The van der Waals surface area contributed by atoms with Gasteiger partial charge in [0.1, 0.15) is 17.2 Å². The van der Waals surface area contributed by atoms with Crippen molar-refractivity contribution in [2.75, 3.05) is 0 Å². The Bertz CT molecular complexity index is 822. The zero-order valence-corrected chi connectivity index (χ0v) is 12.7. The van der Waals surface area contributed by atoms with Crippen LogP contribution in [0.15, 0.2) is 37.2 Å². The third-order valence-electron chi connectivity index (χ3n) is 2.89. The maximum absolute atomic E-state index is 12.2. The highest BCUT2D eigenvalue weighted by atomic mass is 35.5. The van der Waals surface area contributed by atoms with Gasteiger partial charge in [-0.1, -0.05) is 11.6 Å². The Morgan fingerprint density at radius 2 is 2.04 bits per heavy atom. The molecule has 9 nitrogen and oxygen atoms in total. The lowest BCUT2D eigenvalue weighted by Crippen LogP contribution is -2.29. The number of nitrogens with zero attached hydrogens (tertiary/aromatic N) is 7. The number of hydrogen-bond donors (Lipinski definition) is 1. The van der Waals surface area contributed by atoms with Crippen molar-refractivity contribution in [1.29, 1.82) is 0 Å². The van der Waals surface area contributed by atoms with Crippen molar-refractivity contribution in [2.45, 2.75) is 13.0 Å². The third kappa shape index (κ3) is 3.29. The maximum atomic E-state index is 12.2. The molecule has 23 heavy (non-hydrogen) atoms. The lowest BCUT2D eigenvalue weighted by atomic mass is 10.3. The fourth-order valence-electron chi connectivity index (χ4n) is 1.89. The first-order valence-electron chi connectivity index (χ1n) is 6.61. The minimum atomic E-state index is -0.449. The molecule has 0 aromatic carbocycles. The molecule has 0 aliphatic carbocycles. The number of amides is 1. The van der Waals surface area contributed by atoms with Crippen LogP contribution in [-0.4, -0.2) is 40.6 Å². The molecule has 0 spiro atoms. The molecule has 3 heterocycles. The SMILES string of the molecule is C[C@H](NC(=O)c1cncc(Cl)n1)c1ncnn1-c1ncccn1. The average molecular weight is 331 g/mol. The number of nitrogens with one attached hydrogen (secondary N) is 1. The lowest BCUT2D eigenvalue weighted by Gasteiger charge is -2.13. The van der Waals surface area contributed by atoms with E-state index in [1.165, 1.54) is 23.4 Å². The standard InChI is InChI=1S/C13H11ClN8O/c1-8(20-12(23)9-5-15-6-10(14)21-9)11-18-7-19-22(11)13-16-3-2-4-17-13/h2-8H,1H3,(H,20,23)/t8-/m0/s1. The highest BCUT2D eigenvalue weighted by Gasteiger charge is 2.19. The Hall–Kier alpha value is -2.94. The van der Waals surface area contributed by atoms with Crippen LogP contribution in [-0.2, 0) is 0 Å². The Kier molecular flexibility index (Phi) is 4.20. The molecule has 0 radical (unpaired) electrons. The highest BCUT2D eigenvalue weighted by molar-refractivity contribution is 6.29. The van der Waals surface area contributed by atoms with Crippen molar-refractivity contribution < 1.29 is 4.79 Å². The number of rotatable bonds is 4. The minimum absolute atomic E-state index is 0.117. The molecule has 0 aliphatic heterocycles. The molecule has 0 saturated heterocycles. The molecule has 0 unspecified atom stereocenters. The first-order valence-corrected chi connectivity index (χ1v) is 6.98. The normalized spacial score (nSPS) is 11.9. The minimum Gasteiger partial charge on any atom is -0.341 e. The Labute approximate surface area is 135 Å². The predicted octanol–water partition coefficient (Wildman–Crippen LogP) is 0.992. The summed E-state index contributed by atoms with van der Waals surface area (Å²) in [6.07, 6.45) is 7.24. The molecule has 1 N–H and O–H groups in total. The molecule has 0 fully saturated rings. The Balaban J connectivity index is 1.81. The van der Waals surface area contributed by atoms with E-state index < -0.39 is 11.9 Å². The van der Waals surface area contributed by atoms with Gasteiger partial charge in [0.2, 0.25) is 0 Å². The van der Waals surface area contributed by atoms with Gasteiger partial charge < -0.3 is 5.32 Å². The molecule has 0 bridgehead atoms. The van der Waals surface area contributed by atoms with Crippen LogP contribution in [0, 0.1) is 0 Å². The van der Waals surface area contributed by atoms with Gasteiger partial charge in [-0.05, 0) is 13.0 Å². The fourth-order valence-corrected chi connectivity index (χ4v) is 2.03. The van der Waals surface area contributed by atoms with E-state index in [1.54, 1.807) is 25.4 Å². The van der Waals surface area contributed by atoms with Crippen molar-refractivity contribution in [1.82, 2.24) is 40.0 Å². The summed E-state index contributed by atoms with van der Waals surface area (Å²) in [5.74, 6) is 0.430. The monoisotopic (exact) mass is 330 g/mol. The van der Waals surface area contributed by atoms with Crippen LogP contribution in [0.25, 0.3) is 5.95 Å². The quantitative estimate of drug-likeness (QED) is 0.759. The van der Waals surface area contributed by atoms with E-state index in [0.717, 1.165) is 0 Å².